The molecule has 12 heavy (non-hydrogen) atoms. The van der Waals surface area contributed by atoms with Gasteiger partial charge in [-0.25, -0.2) is 0 Å². The van der Waals surface area contributed by atoms with Gasteiger partial charge in [-0.05, 0) is 46.7 Å². The first-order valence-electron chi connectivity index (χ1n) is 3.80. The average molecular weight is 270 g/mol. The average Bonchev–Trinajstić information content (AvgIpc) is 2.04. The van der Waals surface area contributed by atoms with Crippen LogP contribution >= 0.6 is 22.6 Å². The second-order valence-corrected chi connectivity index (χ2v) is 3.73. The molecule has 0 saturated heterocycles. The lowest BCUT2D eigenvalue weighted by molar-refractivity contribution is 1.42. The van der Waals surface area contributed by atoms with Crippen molar-refractivity contribution in [2.75, 3.05) is 0 Å². The first kappa shape index (κ1) is 9.52. The Bertz CT molecular complexity index is 291. The fourth-order valence-electron chi connectivity index (χ4n) is 1.02. The Morgan fingerprint density at radius 3 is 2.75 bits per heavy atom. The zero-order valence-corrected chi connectivity index (χ0v) is 9.21. The molecule has 0 bridgehead atoms. The highest BCUT2D eigenvalue weighted by molar-refractivity contribution is 14.1. The van der Waals surface area contributed by atoms with Crippen molar-refractivity contribution in [3.63, 3.8) is 0 Å². The third-order valence-electron chi connectivity index (χ3n) is 1.67. The van der Waals surface area contributed by atoms with Crippen LogP contribution in [0.25, 0.3) is 6.08 Å². The second-order valence-electron chi connectivity index (χ2n) is 2.57. The van der Waals surface area contributed by atoms with Crippen LogP contribution in [0.1, 0.15) is 11.1 Å². The highest BCUT2D eigenvalue weighted by Gasteiger charge is 1.96. The summed E-state index contributed by atoms with van der Waals surface area (Å²) in [5, 5.41) is 0. The van der Waals surface area contributed by atoms with Gasteiger partial charge in [-0.15, -0.1) is 0 Å². The molecule has 1 rings (SSSR count). The SMILES string of the molecule is C=C/C=C\c1c(C)cccc1I. The summed E-state index contributed by atoms with van der Waals surface area (Å²) < 4.78 is 1.28. The Morgan fingerprint density at radius 2 is 2.17 bits per heavy atom. The molecule has 0 amide bonds. The quantitative estimate of drug-likeness (QED) is 0.566. The minimum absolute atomic E-state index is 1.28. The van der Waals surface area contributed by atoms with Gasteiger partial charge < -0.3 is 0 Å². The number of hydrogen-bond acceptors (Lipinski definition) is 0. The van der Waals surface area contributed by atoms with Gasteiger partial charge in [-0.1, -0.05) is 36.9 Å². The van der Waals surface area contributed by atoms with E-state index < -0.39 is 0 Å². The van der Waals surface area contributed by atoms with Crippen molar-refractivity contribution in [1.82, 2.24) is 0 Å². The van der Waals surface area contributed by atoms with Crippen LogP contribution in [0, 0.1) is 10.5 Å². The van der Waals surface area contributed by atoms with E-state index in [4.69, 9.17) is 0 Å². The van der Waals surface area contributed by atoms with E-state index in [1.165, 1.54) is 14.7 Å². The van der Waals surface area contributed by atoms with Crippen LogP contribution in [0.4, 0.5) is 0 Å². The Balaban J connectivity index is 3.12. The van der Waals surface area contributed by atoms with Gasteiger partial charge in [0, 0.05) is 3.57 Å². The first-order chi connectivity index (χ1) is 5.75. The molecule has 62 valence electrons. The normalized spacial score (nSPS) is 10.5. The zero-order chi connectivity index (χ0) is 8.97. The predicted molar refractivity (Wildman–Crippen MR) is 63.1 cm³/mol. The molecule has 0 N–H and O–H groups in total. The van der Waals surface area contributed by atoms with E-state index in [0.717, 1.165) is 0 Å². The topological polar surface area (TPSA) is 0 Å². The molecule has 1 aromatic rings. The predicted octanol–water partition coefficient (Wildman–Crippen LogP) is 3.80. The van der Waals surface area contributed by atoms with Crippen LogP contribution in [-0.4, -0.2) is 0 Å². The monoisotopic (exact) mass is 270 g/mol. The van der Waals surface area contributed by atoms with Gasteiger partial charge >= 0.3 is 0 Å². The summed E-state index contributed by atoms with van der Waals surface area (Å²) in [6, 6.07) is 6.30. The summed E-state index contributed by atoms with van der Waals surface area (Å²) in [6.45, 7) is 5.76. The third-order valence-corrected chi connectivity index (χ3v) is 2.61. The van der Waals surface area contributed by atoms with Crippen molar-refractivity contribution in [3.05, 3.63) is 51.6 Å². The molecule has 0 heterocycles. The Hall–Kier alpha value is -0.570. The standard InChI is InChI=1S/C11H11I/c1-3-4-7-10-9(2)6-5-8-11(10)12/h3-8H,1H2,2H3/b7-4-. The molecule has 1 aromatic carbocycles. The number of halogens is 1. The van der Waals surface area contributed by atoms with Crippen molar-refractivity contribution in [1.29, 1.82) is 0 Å². The summed E-state index contributed by atoms with van der Waals surface area (Å²) in [6.07, 6.45) is 5.84. The molecule has 0 nitrogen and oxygen atoms in total. The van der Waals surface area contributed by atoms with E-state index in [-0.39, 0.29) is 0 Å². The lowest BCUT2D eigenvalue weighted by Crippen LogP contribution is -1.83. The summed E-state index contributed by atoms with van der Waals surface area (Å²) in [5.41, 5.74) is 2.60. The molecule has 0 radical (unpaired) electrons. The fraction of sp³-hybridized carbons (Fsp3) is 0.0909. The number of hydrogen-bond donors (Lipinski definition) is 0. The van der Waals surface area contributed by atoms with E-state index in [2.05, 4.69) is 60.4 Å². The number of aryl methyl sites for hydroxylation is 1. The number of rotatable bonds is 2. The molecule has 0 fully saturated rings. The van der Waals surface area contributed by atoms with Gasteiger partial charge in [-0.2, -0.15) is 0 Å². The summed E-state index contributed by atoms with van der Waals surface area (Å²) in [4.78, 5) is 0. The molecule has 0 unspecified atom stereocenters. The first-order valence-corrected chi connectivity index (χ1v) is 4.88. The molecule has 0 aliphatic carbocycles. The van der Waals surface area contributed by atoms with Gasteiger partial charge in [-0.3, -0.25) is 0 Å². The van der Waals surface area contributed by atoms with Crippen molar-refractivity contribution < 1.29 is 0 Å². The van der Waals surface area contributed by atoms with Crippen LogP contribution in [0.3, 0.4) is 0 Å². The van der Waals surface area contributed by atoms with Gasteiger partial charge in [0.2, 0.25) is 0 Å². The van der Waals surface area contributed by atoms with Gasteiger partial charge in [0.1, 0.15) is 0 Å². The molecule has 0 atom stereocenters. The second kappa shape index (κ2) is 4.45. The van der Waals surface area contributed by atoms with E-state index in [0.29, 0.717) is 0 Å². The van der Waals surface area contributed by atoms with Crippen molar-refractivity contribution >= 4 is 28.7 Å². The lowest BCUT2D eigenvalue weighted by Gasteiger charge is -2.01. The van der Waals surface area contributed by atoms with Crippen molar-refractivity contribution in [2.24, 2.45) is 0 Å². The van der Waals surface area contributed by atoms with Gasteiger partial charge in [0.25, 0.3) is 0 Å². The minimum atomic E-state index is 1.28. The third kappa shape index (κ3) is 2.21. The van der Waals surface area contributed by atoms with Crippen molar-refractivity contribution in [2.45, 2.75) is 6.92 Å². The van der Waals surface area contributed by atoms with Gasteiger partial charge in [0.15, 0.2) is 0 Å². The Kier molecular flexibility index (Phi) is 3.53. The van der Waals surface area contributed by atoms with E-state index >= 15 is 0 Å². The maximum atomic E-state index is 3.65. The molecule has 0 spiro atoms. The van der Waals surface area contributed by atoms with Crippen molar-refractivity contribution in [3.8, 4) is 0 Å². The highest BCUT2D eigenvalue weighted by atomic mass is 127. The van der Waals surface area contributed by atoms with E-state index in [1.54, 1.807) is 6.08 Å². The van der Waals surface area contributed by atoms with E-state index in [1.807, 2.05) is 6.08 Å². The summed E-state index contributed by atoms with van der Waals surface area (Å²) in [5.74, 6) is 0. The molecule has 0 saturated carbocycles. The molecular formula is C11H11I. The summed E-state index contributed by atoms with van der Waals surface area (Å²) >= 11 is 2.34. The van der Waals surface area contributed by atoms with Crippen LogP contribution in [-0.2, 0) is 0 Å². The van der Waals surface area contributed by atoms with E-state index in [9.17, 15) is 0 Å². The minimum Gasteiger partial charge on any atom is -0.0991 e. The maximum absolute atomic E-state index is 3.65. The molecule has 0 aromatic heterocycles. The lowest BCUT2D eigenvalue weighted by atomic mass is 10.1. The Morgan fingerprint density at radius 1 is 1.42 bits per heavy atom. The smallest absolute Gasteiger partial charge is 0.0205 e. The zero-order valence-electron chi connectivity index (χ0n) is 7.05. The molecule has 0 aliphatic heterocycles. The van der Waals surface area contributed by atoms with Crippen LogP contribution in [0.2, 0.25) is 0 Å². The fourth-order valence-corrected chi connectivity index (χ4v) is 1.83. The largest absolute Gasteiger partial charge is 0.0991 e. The number of benzene rings is 1. The summed E-state index contributed by atoms with van der Waals surface area (Å²) in [7, 11) is 0. The molecule has 1 heteroatoms. The molecule has 0 aliphatic rings. The Labute approximate surface area is 87.1 Å². The van der Waals surface area contributed by atoms with Gasteiger partial charge in [0.05, 0.1) is 0 Å². The highest BCUT2D eigenvalue weighted by Crippen LogP contribution is 2.17. The van der Waals surface area contributed by atoms with Crippen LogP contribution in [0.5, 0.6) is 0 Å². The van der Waals surface area contributed by atoms with Crippen LogP contribution < -0.4 is 0 Å². The maximum Gasteiger partial charge on any atom is 0.0205 e. The number of allylic oxidation sites excluding steroid dienone is 2. The molecular weight excluding hydrogens is 259 g/mol. The van der Waals surface area contributed by atoms with Crippen LogP contribution in [0.15, 0.2) is 36.9 Å².